The Hall–Kier alpha value is -1.60. The molecular weight excluding hydrogens is 348 g/mol. The molecule has 0 aromatic heterocycles. The standard InChI is InChI=1S/C19H30N4O2S/c1-19(2)15-23(12-13-26(19,24)25)18(20-3)21-9-11-22-10-8-16-6-4-5-7-17(16)14-22/h4-7H,8-15H2,1-3H3,(H,20,21). The van der Waals surface area contributed by atoms with Gasteiger partial charge in [-0.25, -0.2) is 8.42 Å². The quantitative estimate of drug-likeness (QED) is 0.631. The summed E-state index contributed by atoms with van der Waals surface area (Å²) in [5.74, 6) is 0.981. The SMILES string of the molecule is CN=C(NCCN1CCc2ccccc2C1)N1CCS(=O)(=O)C(C)(C)C1. The fourth-order valence-electron chi connectivity index (χ4n) is 3.73. The molecule has 2 aliphatic rings. The average Bonchev–Trinajstić information content (AvgIpc) is 2.61. The molecule has 3 rings (SSSR count). The zero-order valence-corrected chi connectivity index (χ0v) is 16.8. The van der Waals surface area contributed by atoms with Crippen LogP contribution in [-0.2, 0) is 22.8 Å². The van der Waals surface area contributed by atoms with E-state index in [4.69, 9.17) is 0 Å². The maximum atomic E-state index is 12.2. The van der Waals surface area contributed by atoms with Gasteiger partial charge in [-0.2, -0.15) is 0 Å². The highest BCUT2D eigenvalue weighted by molar-refractivity contribution is 7.92. The van der Waals surface area contributed by atoms with Crippen molar-refractivity contribution in [2.75, 3.05) is 45.5 Å². The first-order valence-electron chi connectivity index (χ1n) is 9.29. The van der Waals surface area contributed by atoms with Crippen LogP contribution in [0.15, 0.2) is 29.3 Å². The van der Waals surface area contributed by atoms with E-state index in [-0.39, 0.29) is 5.75 Å². The third-order valence-electron chi connectivity index (χ3n) is 5.48. The van der Waals surface area contributed by atoms with Crippen LogP contribution in [0, 0.1) is 0 Å². The number of rotatable bonds is 3. The van der Waals surface area contributed by atoms with Crippen LogP contribution >= 0.6 is 0 Å². The van der Waals surface area contributed by atoms with Crippen LogP contribution in [0.25, 0.3) is 0 Å². The monoisotopic (exact) mass is 378 g/mol. The Morgan fingerprint density at radius 2 is 1.96 bits per heavy atom. The zero-order valence-electron chi connectivity index (χ0n) is 16.0. The Bertz CT molecular complexity index is 773. The summed E-state index contributed by atoms with van der Waals surface area (Å²) in [4.78, 5) is 8.88. The zero-order chi connectivity index (χ0) is 18.8. The Labute approximate surface area is 157 Å². The summed E-state index contributed by atoms with van der Waals surface area (Å²) in [6, 6.07) is 8.65. The summed E-state index contributed by atoms with van der Waals surface area (Å²) in [5.41, 5.74) is 2.88. The Morgan fingerprint density at radius 3 is 2.65 bits per heavy atom. The second kappa shape index (κ2) is 7.56. The number of sulfone groups is 1. The first-order valence-corrected chi connectivity index (χ1v) is 10.9. The van der Waals surface area contributed by atoms with Crippen molar-refractivity contribution in [3.63, 3.8) is 0 Å². The number of benzene rings is 1. The number of hydrogen-bond acceptors (Lipinski definition) is 4. The molecule has 0 atom stereocenters. The number of nitrogens with one attached hydrogen (secondary N) is 1. The lowest BCUT2D eigenvalue weighted by atomic mass is 10.00. The van der Waals surface area contributed by atoms with Gasteiger partial charge in [0.05, 0.1) is 10.5 Å². The molecule has 2 heterocycles. The molecule has 0 bridgehead atoms. The molecule has 2 aliphatic heterocycles. The van der Waals surface area contributed by atoms with E-state index >= 15 is 0 Å². The summed E-state index contributed by atoms with van der Waals surface area (Å²) in [6.45, 7) is 8.40. The van der Waals surface area contributed by atoms with Gasteiger partial charge in [0, 0.05) is 46.3 Å². The number of fused-ring (bicyclic) bond motifs is 1. The number of aliphatic imine (C=N–C) groups is 1. The van der Waals surface area contributed by atoms with Gasteiger partial charge in [-0.1, -0.05) is 24.3 Å². The van der Waals surface area contributed by atoms with E-state index in [0.717, 1.165) is 38.6 Å². The van der Waals surface area contributed by atoms with E-state index in [0.29, 0.717) is 13.1 Å². The minimum Gasteiger partial charge on any atom is -0.355 e. The van der Waals surface area contributed by atoms with Gasteiger partial charge in [-0.05, 0) is 31.4 Å². The first kappa shape index (κ1) is 19.2. The van der Waals surface area contributed by atoms with Crippen molar-refractivity contribution in [3.05, 3.63) is 35.4 Å². The lowest BCUT2D eigenvalue weighted by Gasteiger charge is -2.39. The van der Waals surface area contributed by atoms with E-state index in [2.05, 4.69) is 44.4 Å². The molecule has 1 saturated heterocycles. The minimum atomic E-state index is -3.03. The fraction of sp³-hybridized carbons (Fsp3) is 0.632. The molecule has 1 aromatic carbocycles. The summed E-state index contributed by atoms with van der Waals surface area (Å²) in [6.07, 6.45) is 1.10. The highest BCUT2D eigenvalue weighted by Crippen LogP contribution is 2.23. The molecule has 0 unspecified atom stereocenters. The van der Waals surface area contributed by atoms with Crippen molar-refractivity contribution >= 4 is 15.8 Å². The minimum absolute atomic E-state index is 0.184. The van der Waals surface area contributed by atoms with Crippen LogP contribution in [0.2, 0.25) is 0 Å². The molecule has 1 N–H and O–H groups in total. The third-order valence-corrected chi connectivity index (χ3v) is 8.01. The fourth-order valence-corrected chi connectivity index (χ4v) is 5.09. The smallest absolute Gasteiger partial charge is 0.193 e. The first-order chi connectivity index (χ1) is 12.3. The summed E-state index contributed by atoms with van der Waals surface area (Å²) < 4.78 is 23.6. The molecule has 7 heteroatoms. The number of hydrogen-bond donors (Lipinski definition) is 1. The van der Waals surface area contributed by atoms with E-state index in [1.165, 1.54) is 11.1 Å². The van der Waals surface area contributed by atoms with Crippen LogP contribution < -0.4 is 5.32 Å². The highest BCUT2D eigenvalue weighted by atomic mass is 32.2. The van der Waals surface area contributed by atoms with Crippen LogP contribution in [0.5, 0.6) is 0 Å². The van der Waals surface area contributed by atoms with Crippen LogP contribution in [0.1, 0.15) is 25.0 Å². The van der Waals surface area contributed by atoms with Gasteiger partial charge in [0.25, 0.3) is 0 Å². The number of guanidine groups is 1. The molecule has 1 aromatic rings. The van der Waals surface area contributed by atoms with Crippen molar-refractivity contribution < 1.29 is 8.42 Å². The lowest BCUT2D eigenvalue weighted by Crippen LogP contribution is -2.57. The molecule has 6 nitrogen and oxygen atoms in total. The van der Waals surface area contributed by atoms with Gasteiger partial charge in [-0.15, -0.1) is 0 Å². The van der Waals surface area contributed by atoms with E-state index in [1.54, 1.807) is 20.9 Å². The van der Waals surface area contributed by atoms with Gasteiger partial charge >= 0.3 is 0 Å². The van der Waals surface area contributed by atoms with Crippen LogP contribution in [-0.4, -0.2) is 74.4 Å². The highest BCUT2D eigenvalue weighted by Gasteiger charge is 2.40. The lowest BCUT2D eigenvalue weighted by molar-refractivity contribution is 0.256. The molecule has 144 valence electrons. The molecule has 0 aliphatic carbocycles. The van der Waals surface area contributed by atoms with Gasteiger partial charge in [-0.3, -0.25) is 9.89 Å². The Balaban J connectivity index is 1.51. The van der Waals surface area contributed by atoms with Crippen molar-refractivity contribution in [1.82, 2.24) is 15.1 Å². The van der Waals surface area contributed by atoms with Gasteiger partial charge in [0.15, 0.2) is 15.8 Å². The third kappa shape index (κ3) is 4.04. The molecular formula is C19H30N4O2S. The Kier molecular flexibility index (Phi) is 5.58. The van der Waals surface area contributed by atoms with Crippen LogP contribution in [0.4, 0.5) is 0 Å². The Morgan fingerprint density at radius 1 is 1.23 bits per heavy atom. The van der Waals surface area contributed by atoms with Crippen molar-refractivity contribution in [1.29, 1.82) is 0 Å². The topological polar surface area (TPSA) is 65.0 Å². The predicted octanol–water partition coefficient (Wildman–Crippen LogP) is 1.13. The summed E-state index contributed by atoms with van der Waals surface area (Å²) >= 11 is 0. The van der Waals surface area contributed by atoms with Crippen molar-refractivity contribution in [2.45, 2.75) is 31.6 Å². The molecule has 0 radical (unpaired) electrons. The van der Waals surface area contributed by atoms with Crippen molar-refractivity contribution in [3.8, 4) is 0 Å². The van der Waals surface area contributed by atoms with Crippen LogP contribution in [0.3, 0.4) is 0 Å². The van der Waals surface area contributed by atoms with Gasteiger partial charge in [0.1, 0.15) is 0 Å². The second-order valence-electron chi connectivity index (χ2n) is 7.77. The summed E-state index contributed by atoms with van der Waals surface area (Å²) in [5, 5.41) is 3.41. The molecule has 26 heavy (non-hydrogen) atoms. The van der Waals surface area contributed by atoms with Gasteiger partial charge < -0.3 is 10.2 Å². The maximum absolute atomic E-state index is 12.2. The molecule has 1 fully saturated rings. The van der Waals surface area contributed by atoms with Crippen molar-refractivity contribution in [2.24, 2.45) is 4.99 Å². The normalized spacial score (nSPS) is 22.7. The molecule has 0 amide bonds. The molecule has 0 saturated carbocycles. The summed E-state index contributed by atoms with van der Waals surface area (Å²) in [7, 11) is -1.27. The van der Waals surface area contributed by atoms with Gasteiger partial charge in [0.2, 0.25) is 0 Å². The van der Waals surface area contributed by atoms with E-state index in [9.17, 15) is 8.42 Å². The maximum Gasteiger partial charge on any atom is 0.193 e. The number of nitrogens with zero attached hydrogens (tertiary/aromatic N) is 3. The van der Waals surface area contributed by atoms with E-state index in [1.807, 2.05) is 0 Å². The van der Waals surface area contributed by atoms with E-state index < -0.39 is 14.6 Å². The average molecular weight is 379 g/mol. The second-order valence-corrected chi connectivity index (χ2v) is 10.5. The largest absolute Gasteiger partial charge is 0.355 e. The molecule has 0 spiro atoms. The predicted molar refractivity (Wildman–Crippen MR) is 106 cm³/mol.